The van der Waals surface area contributed by atoms with Gasteiger partial charge < -0.3 is 19.0 Å². The van der Waals surface area contributed by atoms with Gasteiger partial charge in [0.05, 0.1) is 17.3 Å². The maximum Gasteiger partial charge on any atom is 0.573 e. The van der Waals surface area contributed by atoms with Gasteiger partial charge in [0.1, 0.15) is 22.8 Å². The smallest absolute Gasteiger partial charge is 0.490 e. The van der Waals surface area contributed by atoms with Crippen molar-refractivity contribution in [3.8, 4) is 22.8 Å². The lowest BCUT2D eigenvalue weighted by atomic mass is 10.0. The third-order valence-electron chi connectivity index (χ3n) is 5.22. The molecule has 2 aromatic carbocycles. The van der Waals surface area contributed by atoms with Crippen molar-refractivity contribution in [3.63, 3.8) is 0 Å². The molecule has 1 atom stereocenters. The zero-order chi connectivity index (χ0) is 24.2. The van der Waals surface area contributed by atoms with Crippen LogP contribution in [0.4, 0.5) is 13.2 Å². The molecule has 0 bridgehead atoms. The number of alkyl halides is 3. The topological polar surface area (TPSA) is 51.8 Å². The van der Waals surface area contributed by atoms with E-state index in [-0.39, 0.29) is 23.2 Å². The number of fused-ring (bicyclic) bond motifs is 1. The fraction of sp³-hybridized carbons (Fsp3) is 0.462. The molecular formula is C26H31F3O4. The number of aliphatic hydroxyl groups is 1. The largest absolute Gasteiger partial charge is 0.573 e. The minimum absolute atomic E-state index is 0.232. The summed E-state index contributed by atoms with van der Waals surface area (Å²) in [6.45, 7) is 7.36. The van der Waals surface area contributed by atoms with Gasteiger partial charge in [-0.3, -0.25) is 0 Å². The summed E-state index contributed by atoms with van der Waals surface area (Å²) < 4.78 is 55.4. The van der Waals surface area contributed by atoms with Gasteiger partial charge in [0.15, 0.2) is 0 Å². The van der Waals surface area contributed by atoms with E-state index in [0.29, 0.717) is 24.2 Å². The fourth-order valence-corrected chi connectivity index (χ4v) is 3.91. The Balaban J connectivity index is 1.89. The first-order chi connectivity index (χ1) is 15.4. The molecule has 0 fully saturated rings. The van der Waals surface area contributed by atoms with Crippen LogP contribution >= 0.6 is 0 Å². The summed E-state index contributed by atoms with van der Waals surface area (Å²) in [5, 5.41) is 10.7. The summed E-state index contributed by atoms with van der Waals surface area (Å²) in [7, 11) is 0. The van der Waals surface area contributed by atoms with Gasteiger partial charge in [-0.05, 0) is 69.5 Å². The summed E-state index contributed by atoms with van der Waals surface area (Å²) in [5.74, 6) is 0.565. The SMILES string of the molecule is CCCCCc1ccc(-c2cc3ccc(OC(C)CC(C)(C)O)cc3o2)c(OC(F)(F)F)c1. The van der Waals surface area contributed by atoms with Crippen molar-refractivity contribution >= 4 is 11.0 Å². The Hall–Kier alpha value is -2.67. The van der Waals surface area contributed by atoms with Crippen LogP contribution in [-0.2, 0) is 6.42 Å². The first kappa shape index (κ1) is 25.0. The molecule has 1 unspecified atom stereocenters. The normalized spacial score (nSPS) is 13.3. The van der Waals surface area contributed by atoms with E-state index in [4.69, 9.17) is 9.15 Å². The van der Waals surface area contributed by atoms with Crippen LogP contribution in [0.2, 0.25) is 0 Å². The van der Waals surface area contributed by atoms with Gasteiger partial charge in [-0.15, -0.1) is 13.2 Å². The predicted molar refractivity (Wildman–Crippen MR) is 123 cm³/mol. The average molecular weight is 465 g/mol. The standard InChI is InChI=1S/C26H31F3O4/c1-5-6-7-8-18-9-12-21(24(13-18)33-26(27,28)29)23-14-19-10-11-20(15-22(19)32-23)31-17(2)16-25(3,4)30/h9-15,17,30H,5-8,16H2,1-4H3. The number of benzene rings is 2. The quantitative estimate of drug-likeness (QED) is 0.313. The van der Waals surface area contributed by atoms with Gasteiger partial charge in [0.25, 0.3) is 0 Å². The Morgan fingerprint density at radius 2 is 1.79 bits per heavy atom. The second-order valence-electron chi connectivity index (χ2n) is 9.09. The molecule has 0 aliphatic carbocycles. The van der Waals surface area contributed by atoms with E-state index in [0.717, 1.165) is 30.2 Å². The van der Waals surface area contributed by atoms with E-state index in [9.17, 15) is 18.3 Å². The number of hydrogen-bond acceptors (Lipinski definition) is 4. The number of ether oxygens (including phenoxy) is 2. The second-order valence-corrected chi connectivity index (χ2v) is 9.09. The molecule has 0 amide bonds. The molecule has 4 nitrogen and oxygen atoms in total. The number of furan rings is 1. The monoisotopic (exact) mass is 464 g/mol. The van der Waals surface area contributed by atoms with E-state index in [1.54, 1.807) is 44.2 Å². The highest BCUT2D eigenvalue weighted by molar-refractivity contribution is 5.85. The molecule has 0 spiro atoms. The van der Waals surface area contributed by atoms with Crippen LogP contribution < -0.4 is 9.47 Å². The molecule has 3 rings (SSSR count). The average Bonchev–Trinajstić information content (AvgIpc) is 3.08. The van der Waals surface area contributed by atoms with Gasteiger partial charge in [-0.1, -0.05) is 25.8 Å². The van der Waals surface area contributed by atoms with Crippen molar-refractivity contribution in [2.24, 2.45) is 0 Å². The molecule has 1 N–H and O–H groups in total. The molecule has 3 aromatic rings. The molecule has 33 heavy (non-hydrogen) atoms. The Morgan fingerprint density at radius 1 is 1.03 bits per heavy atom. The van der Waals surface area contributed by atoms with Crippen molar-refractivity contribution in [3.05, 3.63) is 48.0 Å². The Kier molecular flexibility index (Phi) is 7.62. The van der Waals surface area contributed by atoms with Gasteiger partial charge in [0, 0.05) is 17.9 Å². The minimum Gasteiger partial charge on any atom is -0.490 e. The molecule has 0 saturated carbocycles. The molecule has 0 aliphatic rings. The number of rotatable bonds is 10. The first-order valence-corrected chi connectivity index (χ1v) is 11.3. The van der Waals surface area contributed by atoms with Crippen molar-refractivity contribution < 1.29 is 32.2 Å². The molecule has 180 valence electrons. The van der Waals surface area contributed by atoms with Crippen LogP contribution in [0.15, 0.2) is 46.9 Å². The van der Waals surface area contributed by atoms with Gasteiger partial charge in [-0.2, -0.15) is 0 Å². The molecule has 0 radical (unpaired) electrons. The zero-order valence-corrected chi connectivity index (χ0v) is 19.5. The maximum absolute atomic E-state index is 13.1. The lowest BCUT2D eigenvalue weighted by Crippen LogP contribution is -2.27. The number of halogens is 3. The molecule has 7 heteroatoms. The summed E-state index contributed by atoms with van der Waals surface area (Å²) in [6, 6.07) is 11.8. The van der Waals surface area contributed by atoms with E-state index < -0.39 is 12.0 Å². The summed E-state index contributed by atoms with van der Waals surface area (Å²) in [4.78, 5) is 0. The van der Waals surface area contributed by atoms with Crippen molar-refractivity contribution in [1.82, 2.24) is 0 Å². The van der Waals surface area contributed by atoms with E-state index in [1.165, 1.54) is 6.07 Å². The van der Waals surface area contributed by atoms with Crippen molar-refractivity contribution in [2.75, 3.05) is 0 Å². The first-order valence-electron chi connectivity index (χ1n) is 11.3. The maximum atomic E-state index is 13.1. The van der Waals surface area contributed by atoms with Gasteiger partial charge >= 0.3 is 6.36 Å². The second kappa shape index (κ2) is 10.1. The van der Waals surface area contributed by atoms with Crippen molar-refractivity contribution in [2.45, 2.75) is 77.9 Å². The van der Waals surface area contributed by atoms with E-state index >= 15 is 0 Å². The van der Waals surface area contributed by atoms with Crippen LogP contribution in [-0.4, -0.2) is 23.2 Å². The van der Waals surface area contributed by atoms with Gasteiger partial charge in [-0.25, -0.2) is 0 Å². The Labute approximate surface area is 192 Å². The zero-order valence-electron chi connectivity index (χ0n) is 19.5. The van der Waals surface area contributed by atoms with E-state index in [1.807, 2.05) is 13.0 Å². The lowest BCUT2D eigenvalue weighted by Gasteiger charge is -2.22. The highest BCUT2D eigenvalue weighted by atomic mass is 19.4. The molecule has 1 aromatic heterocycles. The Morgan fingerprint density at radius 3 is 2.45 bits per heavy atom. The molecule has 0 aliphatic heterocycles. The van der Waals surface area contributed by atoms with Crippen LogP contribution in [0, 0.1) is 0 Å². The molecule has 1 heterocycles. The molecular weight excluding hydrogens is 433 g/mol. The third-order valence-corrected chi connectivity index (χ3v) is 5.22. The summed E-state index contributed by atoms with van der Waals surface area (Å²) >= 11 is 0. The number of unbranched alkanes of at least 4 members (excludes halogenated alkanes) is 2. The number of hydrogen-bond donors (Lipinski definition) is 1. The predicted octanol–water partition coefficient (Wildman–Crippen LogP) is 7.66. The van der Waals surface area contributed by atoms with Crippen LogP contribution in [0.5, 0.6) is 11.5 Å². The van der Waals surface area contributed by atoms with Crippen LogP contribution in [0.3, 0.4) is 0 Å². The molecule has 0 saturated heterocycles. The Bertz CT molecular complexity index is 1060. The van der Waals surface area contributed by atoms with E-state index in [2.05, 4.69) is 11.7 Å². The lowest BCUT2D eigenvalue weighted by molar-refractivity contribution is -0.274. The summed E-state index contributed by atoms with van der Waals surface area (Å²) in [5.41, 5.74) is 0.654. The van der Waals surface area contributed by atoms with Crippen molar-refractivity contribution in [1.29, 1.82) is 0 Å². The van der Waals surface area contributed by atoms with Crippen LogP contribution in [0.1, 0.15) is 58.9 Å². The summed E-state index contributed by atoms with van der Waals surface area (Å²) in [6.07, 6.45) is -0.960. The highest BCUT2D eigenvalue weighted by Crippen LogP contribution is 2.38. The highest BCUT2D eigenvalue weighted by Gasteiger charge is 2.33. The van der Waals surface area contributed by atoms with Gasteiger partial charge in [0.2, 0.25) is 0 Å². The third kappa shape index (κ3) is 7.42. The van der Waals surface area contributed by atoms with Crippen LogP contribution in [0.25, 0.3) is 22.3 Å². The minimum atomic E-state index is -4.81. The number of aryl methyl sites for hydroxylation is 1. The fourth-order valence-electron chi connectivity index (χ4n) is 3.91.